The van der Waals surface area contributed by atoms with E-state index in [1.54, 1.807) is 24.5 Å². The Morgan fingerprint density at radius 1 is 1.35 bits per heavy atom. The largest absolute Gasteiger partial charge is 0.379 e. The highest BCUT2D eigenvalue weighted by Gasteiger charge is 2.24. The van der Waals surface area contributed by atoms with Crippen LogP contribution < -0.4 is 5.32 Å². The minimum atomic E-state index is -0.0358. The van der Waals surface area contributed by atoms with Gasteiger partial charge < -0.3 is 10.1 Å². The van der Waals surface area contributed by atoms with Crippen LogP contribution in [0.5, 0.6) is 0 Å². The molecule has 2 rings (SSSR count). The molecule has 0 spiro atoms. The first kappa shape index (κ1) is 14.9. The highest BCUT2D eigenvalue weighted by molar-refractivity contribution is 5.93. The van der Waals surface area contributed by atoms with Crippen molar-refractivity contribution in [3.8, 4) is 0 Å². The molecule has 2 heterocycles. The van der Waals surface area contributed by atoms with Gasteiger partial charge in [-0.2, -0.15) is 0 Å². The van der Waals surface area contributed by atoms with Crippen molar-refractivity contribution in [1.82, 2.24) is 15.2 Å². The predicted octanol–water partition coefficient (Wildman–Crippen LogP) is 1.17. The second-order valence-electron chi connectivity index (χ2n) is 5.41. The van der Waals surface area contributed by atoms with Gasteiger partial charge in [-0.1, -0.05) is 13.8 Å². The zero-order chi connectivity index (χ0) is 14.4. The van der Waals surface area contributed by atoms with Crippen LogP contribution in [-0.4, -0.2) is 54.7 Å². The van der Waals surface area contributed by atoms with Crippen molar-refractivity contribution >= 4 is 5.91 Å². The van der Waals surface area contributed by atoms with Gasteiger partial charge in [-0.25, -0.2) is 0 Å². The molecule has 5 heteroatoms. The quantitative estimate of drug-likeness (QED) is 0.878. The number of nitrogens with one attached hydrogen (secondary N) is 1. The van der Waals surface area contributed by atoms with Gasteiger partial charge in [0.2, 0.25) is 0 Å². The molecule has 1 aromatic heterocycles. The van der Waals surface area contributed by atoms with Gasteiger partial charge in [0.1, 0.15) is 0 Å². The Kier molecular flexibility index (Phi) is 5.49. The summed E-state index contributed by atoms with van der Waals surface area (Å²) in [5.74, 6) is 0.456. The lowest BCUT2D eigenvalue weighted by molar-refractivity contribution is 0.00673. The Hall–Kier alpha value is -1.46. The first-order chi connectivity index (χ1) is 9.68. The first-order valence-corrected chi connectivity index (χ1v) is 7.18. The molecule has 1 unspecified atom stereocenters. The third kappa shape index (κ3) is 4.02. The molecule has 0 aromatic carbocycles. The summed E-state index contributed by atoms with van der Waals surface area (Å²) < 4.78 is 5.39. The van der Waals surface area contributed by atoms with Gasteiger partial charge in [-0.05, 0) is 18.1 Å². The van der Waals surface area contributed by atoms with Gasteiger partial charge in [-0.15, -0.1) is 0 Å². The molecular weight excluding hydrogens is 254 g/mol. The summed E-state index contributed by atoms with van der Waals surface area (Å²) in [5, 5.41) is 3.03. The number of pyridine rings is 1. The zero-order valence-electron chi connectivity index (χ0n) is 12.2. The van der Waals surface area contributed by atoms with E-state index in [2.05, 4.69) is 29.0 Å². The monoisotopic (exact) mass is 277 g/mol. The molecule has 5 nitrogen and oxygen atoms in total. The van der Waals surface area contributed by atoms with Crippen molar-refractivity contribution < 1.29 is 9.53 Å². The van der Waals surface area contributed by atoms with E-state index in [4.69, 9.17) is 4.74 Å². The van der Waals surface area contributed by atoms with Crippen LogP contribution in [0.1, 0.15) is 24.2 Å². The van der Waals surface area contributed by atoms with Crippen molar-refractivity contribution in [2.75, 3.05) is 32.8 Å². The van der Waals surface area contributed by atoms with Gasteiger partial charge in [0.05, 0.1) is 13.2 Å². The molecule has 0 aliphatic carbocycles. The van der Waals surface area contributed by atoms with Crippen LogP contribution in [0, 0.1) is 5.92 Å². The lowest BCUT2D eigenvalue weighted by Crippen LogP contribution is -2.51. The molecule has 1 N–H and O–H groups in total. The number of carbonyl (C=O) groups is 1. The normalized spacial score (nSPS) is 17.9. The number of ether oxygens (including phenoxy) is 1. The Bertz CT molecular complexity index is 416. The number of rotatable bonds is 5. The number of amides is 1. The van der Waals surface area contributed by atoms with Crippen LogP contribution in [0.4, 0.5) is 0 Å². The smallest absolute Gasteiger partial charge is 0.251 e. The molecule has 1 aliphatic heterocycles. The van der Waals surface area contributed by atoms with Crippen molar-refractivity contribution in [3.05, 3.63) is 30.1 Å². The van der Waals surface area contributed by atoms with Crippen molar-refractivity contribution in [3.63, 3.8) is 0 Å². The number of carbonyl (C=O) groups excluding carboxylic acids is 1. The number of nitrogens with zero attached hydrogens (tertiary/aromatic N) is 2. The Morgan fingerprint density at radius 3 is 2.60 bits per heavy atom. The van der Waals surface area contributed by atoms with Crippen LogP contribution in [-0.2, 0) is 4.74 Å². The van der Waals surface area contributed by atoms with Crippen LogP contribution in [0.15, 0.2) is 24.5 Å². The third-order valence-electron chi connectivity index (χ3n) is 3.70. The van der Waals surface area contributed by atoms with Crippen LogP contribution >= 0.6 is 0 Å². The maximum Gasteiger partial charge on any atom is 0.251 e. The zero-order valence-corrected chi connectivity index (χ0v) is 12.2. The molecule has 1 saturated heterocycles. The molecule has 1 atom stereocenters. The van der Waals surface area contributed by atoms with Gasteiger partial charge in [0, 0.05) is 43.6 Å². The third-order valence-corrected chi connectivity index (χ3v) is 3.70. The number of hydrogen-bond donors (Lipinski definition) is 1. The standard InChI is InChI=1S/C15H23N3O2/c1-12(2)14(18-7-9-20-10-8-18)11-17-15(19)13-3-5-16-6-4-13/h3-6,12,14H,7-11H2,1-2H3,(H,17,19). The van der Waals surface area contributed by atoms with Crippen LogP contribution in [0.25, 0.3) is 0 Å². The fourth-order valence-corrected chi connectivity index (χ4v) is 2.50. The van der Waals surface area contributed by atoms with Crippen LogP contribution in [0.3, 0.4) is 0 Å². The lowest BCUT2D eigenvalue weighted by Gasteiger charge is -2.36. The Labute approximate surface area is 120 Å². The fraction of sp³-hybridized carbons (Fsp3) is 0.600. The van der Waals surface area contributed by atoms with Gasteiger partial charge in [-0.3, -0.25) is 14.7 Å². The van der Waals surface area contributed by atoms with Gasteiger partial charge in [0.15, 0.2) is 0 Å². The summed E-state index contributed by atoms with van der Waals surface area (Å²) >= 11 is 0. The molecule has 1 aliphatic rings. The van der Waals surface area contributed by atoms with Crippen molar-refractivity contribution in [2.45, 2.75) is 19.9 Å². The minimum absolute atomic E-state index is 0.0358. The molecule has 20 heavy (non-hydrogen) atoms. The summed E-state index contributed by atoms with van der Waals surface area (Å²) in [6, 6.07) is 3.81. The molecule has 1 fully saturated rings. The average molecular weight is 277 g/mol. The predicted molar refractivity (Wildman–Crippen MR) is 77.6 cm³/mol. The molecule has 0 saturated carbocycles. The molecule has 1 aromatic rings. The Morgan fingerprint density at radius 2 is 2.00 bits per heavy atom. The fourth-order valence-electron chi connectivity index (χ4n) is 2.50. The summed E-state index contributed by atoms with van der Waals surface area (Å²) in [4.78, 5) is 18.4. The maximum atomic E-state index is 12.1. The van der Waals surface area contributed by atoms with Crippen molar-refractivity contribution in [2.24, 2.45) is 5.92 Å². The Balaban J connectivity index is 1.90. The maximum absolute atomic E-state index is 12.1. The minimum Gasteiger partial charge on any atom is -0.379 e. The number of hydrogen-bond acceptors (Lipinski definition) is 4. The van der Waals surface area contributed by atoms with E-state index in [0.29, 0.717) is 24.1 Å². The van der Waals surface area contributed by atoms with E-state index in [0.717, 1.165) is 26.3 Å². The summed E-state index contributed by atoms with van der Waals surface area (Å²) in [5.41, 5.74) is 0.657. The van der Waals surface area contributed by atoms with E-state index in [1.165, 1.54) is 0 Å². The van der Waals surface area contributed by atoms with E-state index in [1.807, 2.05) is 0 Å². The van der Waals surface area contributed by atoms with Gasteiger partial charge >= 0.3 is 0 Å². The van der Waals surface area contributed by atoms with E-state index < -0.39 is 0 Å². The van der Waals surface area contributed by atoms with E-state index in [9.17, 15) is 4.79 Å². The highest BCUT2D eigenvalue weighted by Crippen LogP contribution is 2.12. The summed E-state index contributed by atoms with van der Waals surface area (Å²) in [7, 11) is 0. The first-order valence-electron chi connectivity index (χ1n) is 7.18. The molecule has 0 radical (unpaired) electrons. The number of morpholine rings is 1. The summed E-state index contributed by atoms with van der Waals surface area (Å²) in [6.45, 7) is 8.49. The molecule has 1 amide bonds. The second kappa shape index (κ2) is 7.36. The number of aromatic nitrogens is 1. The topological polar surface area (TPSA) is 54.5 Å². The SMILES string of the molecule is CC(C)C(CNC(=O)c1ccncc1)N1CCOCC1. The average Bonchev–Trinajstić information content (AvgIpc) is 2.49. The summed E-state index contributed by atoms with van der Waals surface area (Å²) in [6.07, 6.45) is 3.27. The van der Waals surface area contributed by atoms with E-state index >= 15 is 0 Å². The second-order valence-corrected chi connectivity index (χ2v) is 5.41. The lowest BCUT2D eigenvalue weighted by atomic mass is 10.0. The molecule has 110 valence electrons. The molecular formula is C15H23N3O2. The van der Waals surface area contributed by atoms with Gasteiger partial charge in [0.25, 0.3) is 5.91 Å². The van der Waals surface area contributed by atoms with E-state index in [-0.39, 0.29) is 5.91 Å². The van der Waals surface area contributed by atoms with Crippen LogP contribution in [0.2, 0.25) is 0 Å². The molecule has 0 bridgehead atoms. The highest BCUT2D eigenvalue weighted by atomic mass is 16.5. The van der Waals surface area contributed by atoms with Crippen molar-refractivity contribution in [1.29, 1.82) is 0 Å².